The normalized spacial score (nSPS) is 15.9. The highest BCUT2D eigenvalue weighted by molar-refractivity contribution is 5.74. The molecule has 3 N–H and O–H groups in total. The van der Waals surface area contributed by atoms with Crippen molar-refractivity contribution >= 4 is 5.97 Å². The van der Waals surface area contributed by atoms with Crippen LogP contribution in [-0.4, -0.2) is 35.4 Å². The molecule has 0 aromatic carbocycles. The third-order valence-electron chi connectivity index (χ3n) is 1.83. The molecule has 4 heteroatoms. The van der Waals surface area contributed by atoms with Gasteiger partial charge in [-0.05, 0) is 26.8 Å². The summed E-state index contributed by atoms with van der Waals surface area (Å²) in [6, 6.07) is -0.870. The molecule has 76 valence electrons. The predicted molar refractivity (Wildman–Crippen MR) is 50.5 cm³/mol. The first-order valence-electron chi connectivity index (χ1n) is 4.32. The molecule has 0 rings (SSSR count). The highest BCUT2D eigenvalue weighted by Gasteiger charge is 2.23. The van der Waals surface area contributed by atoms with Crippen LogP contribution >= 0.6 is 0 Å². The lowest BCUT2D eigenvalue weighted by atomic mass is 10.1. The summed E-state index contributed by atoms with van der Waals surface area (Å²) in [5, 5.41) is 20.6. The second-order valence-corrected chi connectivity index (χ2v) is 2.82. The van der Waals surface area contributed by atoms with Gasteiger partial charge in [0.25, 0.3) is 0 Å². The number of aliphatic carboxylic acids is 1. The zero-order chi connectivity index (χ0) is 10.3. The van der Waals surface area contributed by atoms with Gasteiger partial charge in [-0.1, -0.05) is 12.2 Å². The Bertz CT molecular complexity index is 180. The first-order valence-corrected chi connectivity index (χ1v) is 4.32. The molecule has 0 radical (unpaired) electrons. The fourth-order valence-corrected chi connectivity index (χ4v) is 1.08. The number of hydrogen-bond acceptors (Lipinski definition) is 3. The average Bonchev–Trinajstić information content (AvgIpc) is 2.05. The van der Waals surface area contributed by atoms with Gasteiger partial charge in [-0.25, -0.2) is 0 Å². The van der Waals surface area contributed by atoms with Crippen molar-refractivity contribution < 1.29 is 15.0 Å². The second kappa shape index (κ2) is 6.62. The number of nitrogens with one attached hydrogen (secondary N) is 1. The predicted octanol–water partition coefficient (Wildman–Crippen LogP) is 0.376. The summed E-state index contributed by atoms with van der Waals surface area (Å²) in [5.41, 5.74) is 0. The molecule has 4 nitrogen and oxygen atoms in total. The number of carboxylic acid groups (broad SMARTS) is 1. The molecule has 0 saturated carbocycles. The Hall–Kier alpha value is -0.870. The van der Waals surface area contributed by atoms with Crippen LogP contribution in [0.4, 0.5) is 0 Å². The second-order valence-electron chi connectivity index (χ2n) is 2.82. The van der Waals surface area contributed by atoms with Gasteiger partial charge in [-0.15, -0.1) is 0 Å². The Morgan fingerprint density at radius 2 is 2.23 bits per heavy atom. The number of carboxylic acids is 1. The Kier molecular flexibility index (Phi) is 6.18. The zero-order valence-electron chi connectivity index (χ0n) is 8.03. The lowest BCUT2D eigenvalue weighted by molar-refractivity contribution is -0.142. The summed E-state index contributed by atoms with van der Waals surface area (Å²) in [5.74, 6) is -1.02. The lowest BCUT2D eigenvalue weighted by Gasteiger charge is -2.17. The fourth-order valence-electron chi connectivity index (χ4n) is 1.08. The molecule has 2 atom stereocenters. The summed E-state index contributed by atoms with van der Waals surface area (Å²) >= 11 is 0. The molecule has 0 saturated heterocycles. The van der Waals surface area contributed by atoms with Gasteiger partial charge in [0, 0.05) is 0 Å². The molecule has 0 amide bonds. The molecule has 0 fully saturated rings. The van der Waals surface area contributed by atoms with E-state index in [2.05, 4.69) is 5.32 Å². The maximum Gasteiger partial charge on any atom is 0.323 e. The third-order valence-corrected chi connectivity index (χ3v) is 1.83. The number of allylic oxidation sites excluding steroid dienone is 2. The van der Waals surface area contributed by atoms with Crippen LogP contribution in [0.15, 0.2) is 12.2 Å². The number of aliphatic hydroxyl groups excluding tert-OH is 1. The van der Waals surface area contributed by atoms with E-state index in [0.717, 1.165) is 0 Å². The third kappa shape index (κ3) is 4.65. The van der Waals surface area contributed by atoms with Crippen LogP contribution in [0, 0.1) is 0 Å². The number of carbonyl (C=O) groups is 1. The number of rotatable bonds is 6. The minimum absolute atomic E-state index is 0.460. The lowest BCUT2D eigenvalue weighted by Crippen LogP contribution is -2.44. The van der Waals surface area contributed by atoms with Crippen LogP contribution in [0.3, 0.4) is 0 Å². The van der Waals surface area contributed by atoms with Gasteiger partial charge >= 0.3 is 5.97 Å². The van der Waals surface area contributed by atoms with Gasteiger partial charge in [-0.3, -0.25) is 4.79 Å². The van der Waals surface area contributed by atoms with Crippen LogP contribution in [0.2, 0.25) is 0 Å². The van der Waals surface area contributed by atoms with E-state index < -0.39 is 18.1 Å². The minimum atomic E-state index is -1.02. The molecule has 0 bridgehead atoms. The number of likely N-dealkylation sites (N-methyl/N-ethyl adjacent to an activating group) is 1. The summed E-state index contributed by atoms with van der Waals surface area (Å²) < 4.78 is 0. The van der Waals surface area contributed by atoms with Gasteiger partial charge in [0.05, 0.1) is 6.10 Å². The van der Waals surface area contributed by atoms with Crippen molar-refractivity contribution in [3.63, 3.8) is 0 Å². The van der Waals surface area contributed by atoms with E-state index in [1.807, 2.05) is 19.1 Å². The van der Waals surface area contributed by atoms with Crippen LogP contribution in [0.5, 0.6) is 0 Å². The summed E-state index contributed by atoms with van der Waals surface area (Å²) in [6.07, 6.45) is 4.10. The summed E-state index contributed by atoms with van der Waals surface area (Å²) in [6.45, 7) is 1.89. The van der Waals surface area contributed by atoms with Crippen molar-refractivity contribution in [2.75, 3.05) is 7.05 Å². The molecule has 0 aliphatic heterocycles. The Morgan fingerprint density at radius 1 is 1.62 bits per heavy atom. The van der Waals surface area contributed by atoms with Crippen molar-refractivity contribution in [2.24, 2.45) is 0 Å². The van der Waals surface area contributed by atoms with Gasteiger partial charge in [0.2, 0.25) is 0 Å². The standard InChI is InChI=1S/C9H17NO3/c1-3-4-5-6-7(11)8(10-2)9(12)13/h3-4,7-8,10-11H,5-6H2,1-2H3,(H,12,13)/b4-3+/t7?,8-/m0/s1. The van der Waals surface area contributed by atoms with Gasteiger partial charge < -0.3 is 15.5 Å². The molecule has 0 aromatic rings. The van der Waals surface area contributed by atoms with Crippen LogP contribution in [0.25, 0.3) is 0 Å². The molecule has 0 heterocycles. The summed E-state index contributed by atoms with van der Waals surface area (Å²) in [7, 11) is 1.53. The molecular weight excluding hydrogens is 170 g/mol. The zero-order valence-corrected chi connectivity index (χ0v) is 8.03. The first-order chi connectivity index (χ1) is 6.13. The first kappa shape index (κ1) is 12.1. The van der Waals surface area contributed by atoms with E-state index in [-0.39, 0.29) is 0 Å². The van der Waals surface area contributed by atoms with Crippen LogP contribution in [0.1, 0.15) is 19.8 Å². The average molecular weight is 187 g/mol. The molecule has 0 aliphatic rings. The Balaban J connectivity index is 3.91. The molecule has 1 unspecified atom stereocenters. The molecule has 0 aromatic heterocycles. The minimum Gasteiger partial charge on any atom is -0.480 e. The van der Waals surface area contributed by atoms with Crippen molar-refractivity contribution in [3.8, 4) is 0 Å². The van der Waals surface area contributed by atoms with E-state index in [1.165, 1.54) is 7.05 Å². The Labute approximate surface area is 78.3 Å². The number of hydrogen-bond donors (Lipinski definition) is 3. The monoisotopic (exact) mass is 187 g/mol. The smallest absolute Gasteiger partial charge is 0.323 e. The van der Waals surface area contributed by atoms with Gasteiger partial charge in [0.1, 0.15) is 6.04 Å². The Morgan fingerprint density at radius 3 is 2.62 bits per heavy atom. The van der Waals surface area contributed by atoms with Crippen molar-refractivity contribution in [3.05, 3.63) is 12.2 Å². The SMILES string of the molecule is C/C=C/CCC(O)[C@H](NC)C(=O)O. The van der Waals surface area contributed by atoms with Crippen molar-refractivity contribution in [1.82, 2.24) is 5.32 Å². The summed E-state index contributed by atoms with van der Waals surface area (Å²) in [4.78, 5) is 10.6. The van der Waals surface area contributed by atoms with Crippen LogP contribution < -0.4 is 5.32 Å². The van der Waals surface area contributed by atoms with E-state index in [1.54, 1.807) is 0 Å². The molecular formula is C9H17NO3. The molecule has 13 heavy (non-hydrogen) atoms. The maximum absolute atomic E-state index is 10.6. The highest BCUT2D eigenvalue weighted by Crippen LogP contribution is 2.03. The van der Waals surface area contributed by atoms with E-state index >= 15 is 0 Å². The molecule has 0 spiro atoms. The number of aliphatic hydroxyl groups is 1. The quantitative estimate of drug-likeness (QED) is 0.526. The topological polar surface area (TPSA) is 69.6 Å². The van der Waals surface area contributed by atoms with Crippen LogP contribution in [-0.2, 0) is 4.79 Å². The van der Waals surface area contributed by atoms with E-state index in [0.29, 0.717) is 12.8 Å². The maximum atomic E-state index is 10.6. The van der Waals surface area contributed by atoms with E-state index in [4.69, 9.17) is 5.11 Å². The molecule has 0 aliphatic carbocycles. The van der Waals surface area contributed by atoms with Crippen molar-refractivity contribution in [1.29, 1.82) is 0 Å². The highest BCUT2D eigenvalue weighted by atomic mass is 16.4. The van der Waals surface area contributed by atoms with Gasteiger partial charge in [0.15, 0.2) is 0 Å². The largest absolute Gasteiger partial charge is 0.480 e. The van der Waals surface area contributed by atoms with E-state index in [9.17, 15) is 9.90 Å². The fraction of sp³-hybridized carbons (Fsp3) is 0.667. The van der Waals surface area contributed by atoms with Gasteiger partial charge in [-0.2, -0.15) is 0 Å². The van der Waals surface area contributed by atoms with Crippen molar-refractivity contribution in [2.45, 2.75) is 31.9 Å².